The maximum Gasteiger partial charge on any atom is 0.269 e. The summed E-state index contributed by atoms with van der Waals surface area (Å²) in [5.74, 6) is -1.50. The Morgan fingerprint density at radius 1 is 1.28 bits per heavy atom. The van der Waals surface area contributed by atoms with Crippen LogP contribution in [0.2, 0.25) is 0 Å². The smallest absolute Gasteiger partial charge is 0.269 e. The molecule has 0 amide bonds. The SMILES string of the molecule is CCc1c(F)ccc(N[N+](O)(O)c2cc(C)cc3c2OCC3O)c1F. The molecule has 0 saturated heterocycles. The zero-order valence-corrected chi connectivity index (χ0v) is 13.8. The van der Waals surface area contributed by atoms with Crippen LogP contribution < -0.4 is 15.1 Å². The molecule has 0 saturated carbocycles. The summed E-state index contributed by atoms with van der Waals surface area (Å²) >= 11 is 0. The van der Waals surface area contributed by atoms with Crippen LogP contribution >= 0.6 is 0 Å². The number of anilines is 1. The molecule has 0 aromatic heterocycles. The van der Waals surface area contributed by atoms with Crippen LogP contribution in [0.25, 0.3) is 0 Å². The first-order valence-corrected chi connectivity index (χ1v) is 7.80. The molecule has 1 unspecified atom stereocenters. The molecular weight excluding hydrogens is 334 g/mol. The highest BCUT2D eigenvalue weighted by Gasteiger charge is 2.39. The van der Waals surface area contributed by atoms with Gasteiger partial charge in [-0.05, 0) is 37.1 Å². The first-order valence-electron chi connectivity index (χ1n) is 7.80. The van der Waals surface area contributed by atoms with E-state index in [-0.39, 0.29) is 35.7 Å². The predicted molar refractivity (Wildman–Crippen MR) is 86.4 cm³/mol. The van der Waals surface area contributed by atoms with E-state index in [9.17, 15) is 24.3 Å². The number of aliphatic hydroxyl groups is 1. The van der Waals surface area contributed by atoms with Crippen LogP contribution in [0.15, 0.2) is 24.3 Å². The number of aliphatic hydroxyl groups excluding tert-OH is 1. The highest BCUT2D eigenvalue weighted by atomic mass is 19.1. The van der Waals surface area contributed by atoms with Crippen LogP contribution in [0.3, 0.4) is 0 Å². The van der Waals surface area contributed by atoms with Crippen molar-refractivity contribution in [1.82, 2.24) is 4.92 Å². The number of rotatable bonds is 4. The van der Waals surface area contributed by atoms with Gasteiger partial charge in [0.15, 0.2) is 11.6 Å². The van der Waals surface area contributed by atoms with Crippen LogP contribution in [0.4, 0.5) is 20.2 Å². The fraction of sp³-hybridized carbons (Fsp3) is 0.294. The molecule has 2 aromatic carbocycles. The van der Waals surface area contributed by atoms with Crippen molar-refractivity contribution >= 4 is 11.4 Å². The Kier molecular flexibility index (Phi) is 4.38. The number of hydrogen-bond acceptors (Lipinski definition) is 5. The molecule has 6 nitrogen and oxygen atoms in total. The molecule has 1 aliphatic heterocycles. The Bertz CT molecular complexity index is 827. The summed E-state index contributed by atoms with van der Waals surface area (Å²) in [7, 11) is 0. The van der Waals surface area contributed by atoms with Crippen LogP contribution in [0, 0.1) is 18.6 Å². The van der Waals surface area contributed by atoms with Crippen LogP contribution in [0.5, 0.6) is 5.75 Å². The van der Waals surface area contributed by atoms with Crippen molar-refractivity contribution in [2.75, 3.05) is 12.0 Å². The molecular formula is C17H19F2N2O4+. The van der Waals surface area contributed by atoms with Gasteiger partial charge >= 0.3 is 0 Å². The number of quaternary nitrogens is 1. The Balaban J connectivity index is 2.03. The molecule has 0 aliphatic carbocycles. The topological polar surface area (TPSA) is 82.0 Å². The molecule has 8 heteroatoms. The number of aryl methyl sites for hydroxylation is 1. The summed E-state index contributed by atoms with van der Waals surface area (Å²) in [4.78, 5) is -1.91. The van der Waals surface area contributed by atoms with Gasteiger partial charge in [-0.3, -0.25) is 0 Å². The monoisotopic (exact) mass is 353 g/mol. The van der Waals surface area contributed by atoms with Gasteiger partial charge in [0.05, 0.1) is 4.92 Å². The highest BCUT2D eigenvalue weighted by Crippen LogP contribution is 2.43. The van der Waals surface area contributed by atoms with Gasteiger partial charge < -0.3 is 9.84 Å². The van der Waals surface area contributed by atoms with E-state index in [1.54, 1.807) is 19.9 Å². The van der Waals surface area contributed by atoms with Gasteiger partial charge in [0.1, 0.15) is 24.2 Å². The van der Waals surface area contributed by atoms with E-state index < -0.39 is 22.7 Å². The van der Waals surface area contributed by atoms with E-state index >= 15 is 0 Å². The highest BCUT2D eigenvalue weighted by molar-refractivity contribution is 5.63. The molecule has 1 aliphatic rings. The second-order valence-electron chi connectivity index (χ2n) is 5.98. The van der Waals surface area contributed by atoms with Crippen molar-refractivity contribution in [3.05, 3.63) is 52.6 Å². The van der Waals surface area contributed by atoms with E-state index in [1.807, 2.05) is 0 Å². The van der Waals surface area contributed by atoms with Gasteiger partial charge in [0.2, 0.25) is 0 Å². The summed E-state index contributed by atoms with van der Waals surface area (Å²) in [6, 6.07) is 5.23. The van der Waals surface area contributed by atoms with Crippen molar-refractivity contribution in [2.24, 2.45) is 0 Å². The molecule has 1 heterocycles. The number of nitrogens with one attached hydrogen (secondary N) is 1. The number of benzene rings is 2. The van der Waals surface area contributed by atoms with E-state index in [0.29, 0.717) is 11.1 Å². The maximum atomic E-state index is 14.4. The maximum absolute atomic E-state index is 14.4. The normalized spacial score (nSPS) is 16.5. The Labute approximate surface area is 143 Å². The molecule has 3 rings (SSSR count). The summed E-state index contributed by atoms with van der Waals surface area (Å²) < 4.78 is 33.3. The van der Waals surface area contributed by atoms with E-state index in [2.05, 4.69) is 5.43 Å². The molecule has 4 N–H and O–H groups in total. The van der Waals surface area contributed by atoms with Gasteiger partial charge in [-0.2, -0.15) is 5.43 Å². The van der Waals surface area contributed by atoms with Gasteiger partial charge in [0, 0.05) is 17.2 Å². The van der Waals surface area contributed by atoms with Crippen molar-refractivity contribution in [2.45, 2.75) is 26.4 Å². The summed E-state index contributed by atoms with van der Waals surface area (Å²) in [6.45, 7) is 3.28. The summed E-state index contributed by atoms with van der Waals surface area (Å²) in [5, 5.41) is 30.8. The average molecular weight is 353 g/mol. The Morgan fingerprint density at radius 3 is 2.68 bits per heavy atom. The minimum Gasteiger partial charge on any atom is -0.484 e. The number of fused-ring (bicyclic) bond motifs is 1. The van der Waals surface area contributed by atoms with Gasteiger partial charge in [-0.25, -0.2) is 8.78 Å². The Morgan fingerprint density at radius 2 is 2.00 bits per heavy atom. The standard InChI is InChI=1S/C17H19F2N2O4/c1-3-10-12(18)4-5-13(16(10)19)20-21(23,24)14-7-9(2)6-11-15(22)8-25-17(11)14/h4-7,15,20,22-24H,3,8H2,1-2H3/q+1. The summed E-state index contributed by atoms with van der Waals surface area (Å²) in [5.41, 5.74) is 2.73. The lowest BCUT2D eigenvalue weighted by Gasteiger charge is -2.23. The molecule has 0 fully saturated rings. The average Bonchev–Trinajstić information content (AvgIpc) is 2.91. The van der Waals surface area contributed by atoms with Crippen LogP contribution in [-0.4, -0.2) is 22.1 Å². The zero-order chi connectivity index (χ0) is 18.4. The lowest BCUT2D eigenvalue weighted by Crippen LogP contribution is -2.48. The third-order valence-electron chi connectivity index (χ3n) is 4.14. The van der Waals surface area contributed by atoms with Crippen molar-refractivity contribution in [3.63, 3.8) is 0 Å². The van der Waals surface area contributed by atoms with E-state index in [0.717, 1.165) is 12.1 Å². The Hall–Kier alpha value is -2.26. The number of nitrogens with zero attached hydrogens (tertiary/aromatic N) is 1. The molecule has 134 valence electrons. The lowest BCUT2D eigenvalue weighted by atomic mass is 10.1. The van der Waals surface area contributed by atoms with Crippen LogP contribution in [-0.2, 0) is 6.42 Å². The molecule has 0 spiro atoms. The fourth-order valence-electron chi connectivity index (χ4n) is 2.91. The van der Waals surface area contributed by atoms with Gasteiger partial charge in [-0.1, -0.05) is 6.92 Å². The van der Waals surface area contributed by atoms with Gasteiger partial charge in [-0.15, -0.1) is 10.4 Å². The number of ether oxygens (including phenoxy) is 1. The fourth-order valence-corrected chi connectivity index (χ4v) is 2.91. The van der Waals surface area contributed by atoms with Crippen molar-refractivity contribution in [1.29, 1.82) is 0 Å². The predicted octanol–water partition coefficient (Wildman–Crippen LogP) is 3.37. The third-order valence-corrected chi connectivity index (χ3v) is 4.14. The van der Waals surface area contributed by atoms with E-state index in [4.69, 9.17) is 4.74 Å². The van der Waals surface area contributed by atoms with Gasteiger partial charge in [0.25, 0.3) is 5.69 Å². The second-order valence-corrected chi connectivity index (χ2v) is 5.98. The first kappa shape index (κ1) is 17.6. The van der Waals surface area contributed by atoms with Crippen molar-refractivity contribution < 1.29 is 29.0 Å². The molecule has 1 atom stereocenters. The molecule has 0 bridgehead atoms. The van der Waals surface area contributed by atoms with E-state index in [1.165, 1.54) is 6.07 Å². The summed E-state index contributed by atoms with van der Waals surface area (Å²) in [6.07, 6.45) is -0.776. The van der Waals surface area contributed by atoms with Crippen molar-refractivity contribution in [3.8, 4) is 5.75 Å². The third kappa shape index (κ3) is 3.05. The second kappa shape index (κ2) is 6.23. The minimum atomic E-state index is -1.91. The molecule has 0 radical (unpaired) electrons. The lowest BCUT2D eigenvalue weighted by molar-refractivity contribution is -0.273. The number of hydrogen-bond donors (Lipinski definition) is 4. The first-order chi connectivity index (χ1) is 11.7. The zero-order valence-electron chi connectivity index (χ0n) is 13.8. The number of halogens is 2. The quantitative estimate of drug-likeness (QED) is 0.500. The van der Waals surface area contributed by atoms with Crippen LogP contribution in [0.1, 0.15) is 29.7 Å². The molecule has 2 aromatic rings. The molecule has 25 heavy (non-hydrogen) atoms. The minimum absolute atomic E-state index is 0.0172. The largest absolute Gasteiger partial charge is 0.484 e.